The first-order valence-corrected chi connectivity index (χ1v) is 11.0. The summed E-state index contributed by atoms with van der Waals surface area (Å²) in [6.45, 7) is 0.744. The van der Waals surface area contributed by atoms with Crippen LogP contribution in [0.4, 0.5) is 0 Å². The van der Waals surface area contributed by atoms with Gasteiger partial charge in [-0.15, -0.1) is 0 Å². The predicted molar refractivity (Wildman–Crippen MR) is 122 cm³/mol. The number of benzene rings is 2. The molecule has 0 aliphatic rings. The molecule has 0 bridgehead atoms. The van der Waals surface area contributed by atoms with Crippen molar-refractivity contribution >= 4 is 40.2 Å². The number of carbonyl (C=O) groups is 1. The minimum atomic E-state index is -0.203. The molecule has 0 saturated heterocycles. The summed E-state index contributed by atoms with van der Waals surface area (Å²) < 4.78 is 6.95. The molecule has 0 aliphatic heterocycles. The van der Waals surface area contributed by atoms with E-state index in [0.29, 0.717) is 33.4 Å². The van der Waals surface area contributed by atoms with Crippen LogP contribution in [0.25, 0.3) is 10.9 Å². The van der Waals surface area contributed by atoms with Crippen LogP contribution < -0.4 is 5.56 Å². The maximum absolute atomic E-state index is 13.1. The second kappa shape index (κ2) is 9.41. The number of furan rings is 1. The molecule has 0 spiro atoms. The van der Waals surface area contributed by atoms with Crippen LogP contribution in [0.1, 0.15) is 11.3 Å². The number of aromatic nitrogens is 2. The van der Waals surface area contributed by atoms with Gasteiger partial charge >= 0.3 is 0 Å². The molecule has 1 amide bonds. The summed E-state index contributed by atoms with van der Waals surface area (Å²) in [5.74, 6) is 0.727. The molecule has 2 aromatic carbocycles. The van der Waals surface area contributed by atoms with Crippen LogP contribution in [0.2, 0.25) is 5.02 Å². The maximum atomic E-state index is 13.1. The Morgan fingerprint density at radius 2 is 1.97 bits per heavy atom. The van der Waals surface area contributed by atoms with E-state index in [1.807, 2.05) is 30.3 Å². The van der Waals surface area contributed by atoms with Crippen LogP contribution in [0.15, 0.2) is 81.3 Å². The van der Waals surface area contributed by atoms with Gasteiger partial charge in [-0.3, -0.25) is 14.2 Å². The van der Waals surface area contributed by atoms with Crippen LogP contribution in [-0.4, -0.2) is 33.2 Å². The summed E-state index contributed by atoms with van der Waals surface area (Å²) in [6.07, 6.45) is 1.56. The average Bonchev–Trinajstić information content (AvgIpc) is 3.28. The van der Waals surface area contributed by atoms with Gasteiger partial charge in [-0.2, -0.15) is 0 Å². The van der Waals surface area contributed by atoms with Gasteiger partial charge in [-0.05, 0) is 35.9 Å². The molecule has 6 nitrogen and oxygen atoms in total. The quantitative estimate of drug-likeness (QED) is 0.305. The number of hydrogen-bond acceptors (Lipinski definition) is 5. The number of halogens is 1. The zero-order chi connectivity index (χ0) is 21.8. The number of thioether (sulfide) groups is 1. The van der Waals surface area contributed by atoms with E-state index in [-0.39, 0.29) is 23.8 Å². The van der Waals surface area contributed by atoms with Gasteiger partial charge in [-0.1, -0.05) is 53.7 Å². The lowest BCUT2D eigenvalue weighted by Crippen LogP contribution is -2.29. The van der Waals surface area contributed by atoms with Gasteiger partial charge in [0.15, 0.2) is 5.16 Å². The van der Waals surface area contributed by atoms with E-state index in [1.165, 1.54) is 16.3 Å². The smallest absolute Gasteiger partial charge is 0.262 e. The first kappa shape index (κ1) is 21.2. The van der Waals surface area contributed by atoms with Crippen molar-refractivity contribution in [2.45, 2.75) is 18.2 Å². The second-order valence-corrected chi connectivity index (χ2v) is 8.43. The molecule has 0 saturated carbocycles. The topological polar surface area (TPSA) is 68.3 Å². The summed E-state index contributed by atoms with van der Waals surface area (Å²) in [7, 11) is 1.76. The van der Waals surface area contributed by atoms with Gasteiger partial charge < -0.3 is 9.32 Å². The van der Waals surface area contributed by atoms with Crippen molar-refractivity contribution in [3.63, 3.8) is 0 Å². The van der Waals surface area contributed by atoms with Gasteiger partial charge in [0, 0.05) is 18.6 Å². The van der Waals surface area contributed by atoms with E-state index in [2.05, 4.69) is 4.98 Å². The molecule has 0 N–H and O–H groups in total. The highest BCUT2D eigenvalue weighted by molar-refractivity contribution is 7.99. The Morgan fingerprint density at radius 3 is 2.71 bits per heavy atom. The minimum Gasteiger partial charge on any atom is -0.467 e. The van der Waals surface area contributed by atoms with Gasteiger partial charge in [0.2, 0.25) is 5.91 Å². The van der Waals surface area contributed by atoms with E-state index in [1.54, 1.807) is 48.5 Å². The zero-order valence-electron chi connectivity index (χ0n) is 16.8. The van der Waals surface area contributed by atoms with Crippen LogP contribution in [0.5, 0.6) is 0 Å². The molecule has 2 heterocycles. The highest BCUT2D eigenvalue weighted by atomic mass is 35.5. The summed E-state index contributed by atoms with van der Waals surface area (Å²) in [6, 6.07) is 18.3. The molecule has 0 radical (unpaired) electrons. The Labute approximate surface area is 188 Å². The Morgan fingerprint density at radius 1 is 1.16 bits per heavy atom. The third-order valence-electron chi connectivity index (χ3n) is 4.79. The SMILES string of the molecule is CN(Cc1ccccc1)C(=O)CSc1nc2cc(Cl)ccc2c(=O)n1Cc1ccco1. The Hall–Kier alpha value is -3.03. The maximum Gasteiger partial charge on any atom is 0.262 e. The van der Waals surface area contributed by atoms with Crippen LogP contribution >= 0.6 is 23.4 Å². The number of amides is 1. The molecule has 0 atom stereocenters. The molecule has 0 aliphatic carbocycles. The first-order valence-electron chi connectivity index (χ1n) is 9.64. The molecular weight excluding hydrogens is 434 g/mol. The average molecular weight is 454 g/mol. The van der Waals surface area contributed by atoms with E-state index in [4.69, 9.17) is 16.0 Å². The van der Waals surface area contributed by atoms with E-state index in [9.17, 15) is 9.59 Å². The van der Waals surface area contributed by atoms with Crippen molar-refractivity contribution in [3.8, 4) is 0 Å². The predicted octanol–water partition coefficient (Wildman–Crippen LogP) is 4.44. The van der Waals surface area contributed by atoms with Crippen molar-refractivity contribution in [2.75, 3.05) is 12.8 Å². The first-order chi connectivity index (χ1) is 15.0. The lowest BCUT2D eigenvalue weighted by atomic mass is 10.2. The third-order valence-corrected chi connectivity index (χ3v) is 5.99. The molecule has 0 unspecified atom stereocenters. The molecule has 4 aromatic rings. The van der Waals surface area contributed by atoms with Crippen LogP contribution in [0.3, 0.4) is 0 Å². The Balaban J connectivity index is 1.59. The van der Waals surface area contributed by atoms with Gasteiger partial charge in [0.05, 0.1) is 29.5 Å². The minimum absolute atomic E-state index is 0.0566. The normalized spacial score (nSPS) is 11.0. The zero-order valence-corrected chi connectivity index (χ0v) is 18.4. The van der Waals surface area contributed by atoms with Crippen molar-refractivity contribution in [2.24, 2.45) is 0 Å². The summed E-state index contributed by atoms with van der Waals surface area (Å²) in [5.41, 5.74) is 1.35. The molecule has 158 valence electrons. The van der Waals surface area contributed by atoms with Crippen LogP contribution in [0, 0.1) is 0 Å². The highest BCUT2D eigenvalue weighted by Gasteiger charge is 2.16. The third kappa shape index (κ3) is 5.00. The van der Waals surface area contributed by atoms with Crippen LogP contribution in [-0.2, 0) is 17.9 Å². The monoisotopic (exact) mass is 453 g/mol. The molecule has 2 aromatic heterocycles. The summed E-state index contributed by atoms with van der Waals surface area (Å²) in [5, 5.41) is 1.41. The fourth-order valence-electron chi connectivity index (χ4n) is 3.16. The second-order valence-electron chi connectivity index (χ2n) is 7.05. The Bertz CT molecular complexity index is 1260. The molecule has 31 heavy (non-hydrogen) atoms. The fourth-order valence-corrected chi connectivity index (χ4v) is 4.27. The number of nitrogens with zero attached hydrogens (tertiary/aromatic N) is 3. The van der Waals surface area contributed by atoms with E-state index >= 15 is 0 Å². The summed E-state index contributed by atoms with van der Waals surface area (Å²) >= 11 is 7.32. The van der Waals surface area contributed by atoms with Crippen molar-refractivity contribution < 1.29 is 9.21 Å². The summed E-state index contributed by atoms with van der Waals surface area (Å²) in [4.78, 5) is 32.1. The number of hydrogen-bond donors (Lipinski definition) is 0. The highest BCUT2D eigenvalue weighted by Crippen LogP contribution is 2.22. The van der Waals surface area contributed by atoms with E-state index in [0.717, 1.165) is 5.56 Å². The van der Waals surface area contributed by atoms with Crippen molar-refractivity contribution in [3.05, 3.63) is 93.6 Å². The lowest BCUT2D eigenvalue weighted by molar-refractivity contribution is -0.127. The molecule has 0 fully saturated rings. The largest absolute Gasteiger partial charge is 0.467 e. The van der Waals surface area contributed by atoms with Crippen molar-refractivity contribution in [1.29, 1.82) is 0 Å². The Kier molecular flexibility index (Phi) is 6.44. The number of carbonyl (C=O) groups excluding carboxylic acids is 1. The fraction of sp³-hybridized carbons (Fsp3) is 0.174. The number of fused-ring (bicyclic) bond motifs is 1. The standard InChI is InChI=1S/C23H20ClN3O3S/c1-26(13-16-6-3-2-4-7-16)21(28)15-31-23-25-20-12-17(24)9-10-19(20)22(29)27(23)14-18-8-5-11-30-18/h2-12H,13-15H2,1H3. The molecular formula is C23H20ClN3O3S. The van der Waals surface area contributed by atoms with Gasteiger partial charge in [0.25, 0.3) is 5.56 Å². The lowest BCUT2D eigenvalue weighted by Gasteiger charge is -2.18. The van der Waals surface area contributed by atoms with Gasteiger partial charge in [0.1, 0.15) is 5.76 Å². The van der Waals surface area contributed by atoms with E-state index < -0.39 is 0 Å². The number of rotatable bonds is 7. The molecule has 4 rings (SSSR count). The van der Waals surface area contributed by atoms with Gasteiger partial charge in [-0.25, -0.2) is 4.98 Å². The van der Waals surface area contributed by atoms with Crippen molar-refractivity contribution in [1.82, 2.24) is 14.5 Å². The molecule has 8 heteroatoms.